The average molecular weight is 1120 g/mol. The number of alkyl halides is 3. The second kappa shape index (κ2) is 25.4. The second-order valence-electron chi connectivity index (χ2n) is 21.2. The van der Waals surface area contributed by atoms with Gasteiger partial charge in [0.05, 0.1) is 53.0 Å². The Morgan fingerprint density at radius 1 is 1.00 bits per heavy atom. The zero-order valence-corrected chi connectivity index (χ0v) is 47.5. The molecule has 22 heteroatoms. The molecule has 79 heavy (non-hydrogen) atoms. The van der Waals surface area contributed by atoms with Crippen molar-refractivity contribution in [2.45, 2.75) is 131 Å². The third-order valence-electron chi connectivity index (χ3n) is 14.8. The third kappa shape index (κ3) is 13.8. The van der Waals surface area contributed by atoms with E-state index in [0.717, 1.165) is 37.5 Å². The number of phenolic OH excluding ortho intramolecular Hbond substituents is 2. The molecule has 0 aliphatic carbocycles. The highest BCUT2D eigenvalue weighted by Gasteiger charge is 2.51. The number of halogens is 3. The number of benzene rings is 3. The number of allylic oxidation sites excluding steroid dienone is 2. The van der Waals surface area contributed by atoms with Crippen LogP contribution in [0.2, 0.25) is 0 Å². The number of phenols is 2. The number of Topliss-reactive ketones (excluding diaryl/α,β-unsaturated/α-hetero) is 1. The lowest BCUT2D eigenvalue weighted by Crippen LogP contribution is -2.47. The number of carbonyl (C=O) groups is 3. The van der Waals surface area contributed by atoms with Gasteiger partial charge in [0, 0.05) is 93.6 Å². The van der Waals surface area contributed by atoms with Crippen LogP contribution in [0, 0.1) is 36.5 Å². The predicted molar refractivity (Wildman–Crippen MR) is 296 cm³/mol. The van der Waals surface area contributed by atoms with E-state index in [1.54, 1.807) is 65.8 Å². The van der Waals surface area contributed by atoms with E-state index in [0.29, 0.717) is 35.2 Å². The molecule has 7 N–H and O–H groups in total. The Hall–Kier alpha value is -6.33. The zero-order valence-electron chi connectivity index (χ0n) is 46.7. The maximum absolute atomic E-state index is 14.7. The van der Waals surface area contributed by atoms with E-state index in [1.165, 1.54) is 57.3 Å². The molecule has 18 nitrogen and oxygen atoms in total. The van der Waals surface area contributed by atoms with Crippen molar-refractivity contribution in [1.82, 2.24) is 4.90 Å². The SMILES string of the molecule is CCS/C(N)=N\N=C\c1ccc(C(F)(F)F)cc1.CO[C@H]1/C=C/O[C@@]2(C)Oc3c(C)c(O)c4c(O)c(c5c(c4c3C2=O)NC2(CCN(CC(C)C)CC2)N=5)=NC(=O)/C(C)=C\C=C\[C@H](C)[C@H](O)[C@@H](C)[C@@H](O)[C@@H](C)[C@H](OC(C)=O)[C@@H]1C. The van der Waals surface area contributed by atoms with Crippen LogP contribution in [0.5, 0.6) is 17.2 Å². The number of likely N-dealkylation sites (tertiary alicyclic amines) is 1. The van der Waals surface area contributed by atoms with Gasteiger partial charge in [-0.2, -0.15) is 18.3 Å². The Morgan fingerprint density at radius 2 is 1.66 bits per heavy atom. The van der Waals surface area contributed by atoms with Gasteiger partial charge in [-0.1, -0.05) is 90.6 Å². The molecule has 430 valence electrons. The van der Waals surface area contributed by atoms with Gasteiger partial charge >= 0.3 is 17.9 Å². The number of nitrogens with zero attached hydrogens (tertiary/aromatic N) is 5. The number of hydrogen-bond acceptors (Lipinski definition) is 17. The number of amidine groups is 1. The van der Waals surface area contributed by atoms with Crippen LogP contribution < -0.4 is 26.5 Å². The molecular formula is C57H74F3N7O11S. The first-order valence-corrected chi connectivity index (χ1v) is 27.3. The maximum Gasteiger partial charge on any atom is 0.416 e. The zero-order chi connectivity index (χ0) is 58.5. The molecule has 9 atom stereocenters. The third-order valence-corrected chi connectivity index (χ3v) is 15.5. The number of amides is 1. The normalized spacial score (nSPS) is 28.2. The number of thioether (sulfide) groups is 1. The molecule has 0 saturated carbocycles. The van der Waals surface area contributed by atoms with Crippen LogP contribution in [0.3, 0.4) is 0 Å². The van der Waals surface area contributed by atoms with Crippen LogP contribution >= 0.6 is 11.8 Å². The van der Waals surface area contributed by atoms with E-state index in [9.17, 15) is 48.0 Å². The molecule has 1 spiro atoms. The molecule has 0 unspecified atom stereocenters. The molecule has 1 saturated heterocycles. The molecule has 7 rings (SSSR count). The standard InChI is InChI=1S/C46H62N4O11.C11H12F3N3S/c1-22(2)21-50-18-16-46(17-19-50)48-34-31-32-39(54)28(8)42-33(31)43(56)45(10,61-42)59-20-15-30(58-11)25(5)41(60-29(9)51)27(7)38(53)26(6)37(52)23(3)13-12-14-24(4)44(57)47-36(40(32)55)35(34)49-46;1-2-18-10(15)17-16-7-8-3-5-9(6-4-8)11(12,13)14/h12-15,20,22-23,25-27,30,37-38,41,48,52-55H,16-19,21H2,1-11H3;3-7H,2H2,1H3,(H2,15,17)/b13-12+,20-15+,24-14-,47-36?;16-7+/t23-,25+,26+,27+,30-,37-,38+,41+,45-;/m0./s1. The number of methoxy groups -OCH3 is 1. The van der Waals surface area contributed by atoms with Crippen LogP contribution in [-0.2, 0) is 30.0 Å². The van der Waals surface area contributed by atoms with Gasteiger partial charge < -0.3 is 55.3 Å². The molecule has 4 aliphatic heterocycles. The summed E-state index contributed by atoms with van der Waals surface area (Å²) in [6.45, 7) is 21.5. The number of rotatable bonds is 7. The van der Waals surface area contributed by atoms with Crippen molar-refractivity contribution < 1.29 is 66.9 Å². The molecule has 4 aliphatic rings. The smallest absolute Gasteiger partial charge is 0.416 e. The average Bonchev–Trinajstić information content (AvgIpc) is 3.47. The number of nitrogens with two attached hydrogens (primary N) is 1. The molecule has 3 aromatic carbocycles. The number of piperidine rings is 1. The Labute approximate surface area is 462 Å². The number of nitrogens with one attached hydrogen (secondary N) is 1. The van der Waals surface area contributed by atoms with Crippen molar-refractivity contribution in [3.63, 3.8) is 0 Å². The van der Waals surface area contributed by atoms with Crippen molar-refractivity contribution in [3.05, 3.63) is 93.4 Å². The van der Waals surface area contributed by atoms with Gasteiger partial charge in [0.15, 0.2) is 10.9 Å². The Morgan fingerprint density at radius 3 is 2.25 bits per heavy atom. The van der Waals surface area contributed by atoms with E-state index in [4.69, 9.17) is 29.7 Å². The number of aliphatic hydroxyl groups excluding tert-OH is 2. The van der Waals surface area contributed by atoms with E-state index in [2.05, 4.69) is 39.3 Å². The number of esters is 1. The van der Waals surface area contributed by atoms with Gasteiger partial charge in [-0.15, -0.1) is 5.10 Å². The largest absolute Gasteiger partial charge is 0.507 e. The van der Waals surface area contributed by atoms with Gasteiger partial charge in [-0.05, 0) is 49.3 Å². The van der Waals surface area contributed by atoms with Crippen LogP contribution in [0.4, 0.5) is 18.9 Å². The lowest BCUT2D eigenvalue weighted by Gasteiger charge is -2.38. The monoisotopic (exact) mass is 1120 g/mol. The lowest BCUT2D eigenvalue weighted by molar-refractivity contribution is -0.160. The molecular weight excluding hydrogens is 1050 g/mol. The number of aliphatic hydroxyl groups is 2. The van der Waals surface area contributed by atoms with Crippen LogP contribution in [0.15, 0.2) is 80.6 Å². The van der Waals surface area contributed by atoms with Crippen LogP contribution in [0.25, 0.3) is 10.8 Å². The van der Waals surface area contributed by atoms with E-state index in [-0.39, 0.29) is 49.7 Å². The number of hydrogen-bond donors (Lipinski definition) is 6. The predicted octanol–water partition coefficient (Wildman–Crippen LogP) is 7.86. The Balaban J connectivity index is 0.000000475. The first-order valence-electron chi connectivity index (χ1n) is 26.3. The minimum Gasteiger partial charge on any atom is -0.507 e. The summed E-state index contributed by atoms with van der Waals surface area (Å²) < 4.78 is 60.9. The minimum absolute atomic E-state index is 0.0538. The quantitative estimate of drug-likeness (QED) is 0.0433. The van der Waals surface area contributed by atoms with E-state index < -0.39 is 94.7 Å². The summed E-state index contributed by atoms with van der Waals surface area (Å²) in [5.41, 5.74) is 5.21. The lowest BCUT2D eigenvalue weighted by atomic mass is 9.78. The Bertz CT molecular complexity index is 3050. The number of aromatic hydroxyl groups is 2. The summed E-state index contributed by atoms with van der Waals surface area (Å²) in [5.74, 6) is -5.79. The van der Waals surface area contributed by atoms with Crippen molar-refractivity contribution in [1.29, 1.82) is 0 Å². The van der Waals surface area contributed by atoms with Crippen LogP contribution in [0.1, 0.15) is 109 Å². The van der Waals surface area contributed by atoms with E-state index in [1.807, 2.05) is 6.92 Å². The van der Waals surface area contributed by atoms with Crippen LogP contribution in [-0.4, -0.2) is 123 Å². The fourth-order valence-electron chi connectivity index (χ4n) is 10.3. The minimum atomic E-state index is -4.32. The van der Waals surface area contributed by atoms with Gasteiger partial charge in [-0.25, -0.2) is 4.99 Å². The fraction of sp³-hybridized carbons (Fsp3) is 0.526. The molecule has 4 heterocycles. The number of fused-ring (bicyclic) bond motifs is 1. The summed E-state index contributed by atoms with van der Waals surface area (Å²) in [4.78, 5) is 52.9. The number of ether oxygens (including phenoxy) is 4. The summed E-state index contributed by atoms with van der Waals surface area (Å²) in [7, 11) is 1.47. The van der Waals surface area contributed by atoms with Crippen molar-refractivity contribution in [2.24, 2.45) is 55.5 Å². The fourth-order valence-corrected chi connectivity index (χ4v) is 10.7. The highest BCUT2D eigenvalue weighted by Crippen LogP contribution is 2.51. The number of anilines is 1. The van der Waals surface area contributed by atoms with Crippen molar-refractivity contribution >= 4 is 57.3 Å². The number of ketones is 1. The molecule has 4 bridgehead atoms. The Kier molecular flexibility index (Phi) is 19.9. The summed E-state index contributed by atoms with van der Waals surface area (Å²) in [6, 6.07) is 4.64. The molecule has 0 radical (unpaired) electrons. The second-order valence-corrected chi connectivity index (χ2v) is 22.5. The molecule has 0 aromatic heterocycles. The molecule has 1 amide bonds. The summed E-state index contributed by atoms with van der Waals surface area (Å²) in [6.07, 6.45) is 2.10. The first kappa shape index (κ1) is 61.9. The number of carbonyl (C=O) groups excluding carboxylic acids is 3. The maximum atomic E-state index is 14.7. The topological polar surface area (TPSA) is 260 Å². The van der Waals surface area contributed by atoms with Gasteiger partial charge in [0.2, 0.25) is 0 Å². The molecule has 1 fully saturated rings. The van der Waals surface area contributed by atoms with Gasteiger partial charge in [-0.3, -0.25) is 19.4 Å². The van der Waals surface area contributed by atoms with Gasteiger partial charge in [0.25, 0.3) is 11.7 Å². The summed E-state index contributed by atoms with van der Waals surface area (Å²) in [5, 5.41) is 58.2. The molecule has 3 aromatic rings. The summed E-state index contributed by atoms with van der Waals surface area (Å²) >= 11 is 1.34. The first-order chi connectivity index (χ1) is 37.1. The van der Waals surface area contributed by atoms with Crippen molar-refractivity contribution in [3.8, 4) is 17.2 Å². The van der Waals surface area contributed by atoms with Gasteiger partial charge in [0.1, 0.15) is 34.0 Å². The highest BCUT2D eigenvalue weighted by atomic mass is 32.2. The highest BCUT2D eigenvalue weighted by molar-refractivity contribution is 8.13. The van der Waals surface area contributed by atoms with Crippen molar-refractivity contribution in [2.75, 3.05) is 37.8 Å². The van der Waals surface area contributed by atoms with E-state index >= 15 is 0 Å².